The Morgan fingerprint density at radius 3 is 3.00 bits per heavy atom. The SMILES string of the molecule is CCNCc1nc(Cc2ccc(F)cc2Cl)no1. The van der Waals surface area contributed by atoms with Crippen LogP contribution >= 0.6 is 11.6 Å². The van der Waals surface area contributed by atoms with Crippen LogP contribution in [0.5, 0.6) is 0 Å². The molecule has 1 heterocycles. The summed E-state index contributed by atoms with van der Waals surface area (Å²) in [7, 11) is 0. The zero-order valence-electron chi connectivity index (χ0n) is 9.91. The lowest BCUT2D eigenvalue weighted by Crippen LogP contribution is -2.11. The highest BCUT2D eigenvalue weighted by Crippen LogP contribution is 2.19. The third-order valence-corrected chi connectivity index (χ3v) is 2.75. The van der Waals surface area contributed by atoms with Crippen molar-refractivity contribution in [2.75, 3.05) is 6.54 Å². The summed E-state index contributed by atoms with van der Waals surface area (Å²) in [4.78, 5) is 4.21. The van der Waals surface area contributed by atoms with E-state index in [0.29, 0.717) is 29.7 Å². The molecule has 0 spiro atoms. The molecule has 1 N–H and O–H groups in total. The van der Waals surface area contributed by atoms with Crippen molar-refractivity contribution in [3.05, 3.63) is 46.3 Å². The smallest absolute Gasteiger partial charge is 0.240 e. The van der Waals surface area contributed by atoms with E-state index in [1.807, 2.05) is 6.92 Å². The van der Waals surface area contributed by atoms with E-state index in [-0.39, 0.29) is 5.82 Å². The number of hydrogen-bond donors (Lipinski definition) is 1. The molecule has 18 heavy (non-hydrogen) atoms. The average Bonchev–Trinajstić information content (AvgIpc) is 2.78. The van der Waals surface area contributed by atoms with Gasteiger partial charge in [-0.05, 0) is 24.2 Å². The van der Waals surface area contributed by atoms with Gasteiger partial charge in [0, 0.05) is 11.4 Å². The average molecular weight is 270 g/mol. The molecule has 0 aliphatic carbocycles. The third-order valence-electron chi connectivity index (χ3n) is 2.40. The largest absolute Gasteiger partial charge is 0.338 e. The first-order valence-electron chi connectivity index (χ1n) is 5.65. The van der Waals surface area contributed by atoms with Gasteiger partial charge in [0.25, 0.3) is 0 Å². The second-order valence-corrected chi connectivity index (χ2v) is 4.20. The lowest BCUT2D eigenvalue weighted by molar-refractivity contribution is 0.365. The summed E-state index contributed by atoms with van der Waals surface area (Å²) in [5.74, 6) is 0.714. The van der Waals surface area contributed by atoms with Crippen LogP contribution < -0.4 is 5.32 Å². The Kier molecular flexibility index (Phi) is 4.28. The van der Waals surface area contributed by atoms with Crippen LogP contribution in [0.25, 0.3) is 0 Å². The van der Waals surface area contributed by atoms with E-state index in [4.69, 9.17) is 16.1 Å². The van der Waals surface area contributed by atoms with Gasteiger partial charge in [0.15, 0.2) is 5.82 Å². The molecule has 0 saturated carbocycles. The fourth-order valence-corrected chi connectivity index (χ4v) is 1.74. The lowest BCUT2D eigenvalue weighted by atomic mass is 10.1. The minimum Gasteiger partial charge on any atom is -0.338 e. The van der Waals surface area contributed by atoms with Crippen LogP contribution in [0.3, 0.4) is 0 Å². The van der Waals surface area contributed by atoms with Crippen molar-refractivity contribution < 1.29 is 8.91 Å². The minimum atomic E-state index is -0.357. The van der Waals surface area contributed by atoms with Gasteiger partial charge in [0.2, 0.25) is 5.89 Å². The Labute approximate surface area is 109 Å². The van der Waals surface area contributed by atoms with Crippen molar-refractivity contribution in [3.8, 4) is 0 Å². The lowest BCUT2D eigenvalue weighted by Gasteiger charge is -2.00. The zero-order valence-corrected chi connectivity index (χ0v) is 10.7. The van der Waals surface area contributed by atoms with Crippen molar-refractivity contribution in [3.63, 3.8) is 0 Å². The highest BCUT2D eigenvalue weighted by molar-refractivity contribution is 6.31. The van der Waals surface area contributed by atoms with E-state index < -0.39 is 0 Å². The summed E-state index contributed by atoms with van der Waals surface area (Å²) in [6, 6.07) is 4.26. The fourth-order valence-electron chi connectivity index (χ4n) is 1.50. The van der Waals surface area contributed by atoms with Crippen LogP contribution in [0, 0.1) is 5.82 Å². The molecule has 0 amide bonds. The van der Waals surface area contributed by atoms with Gasteiger partial charge in [-0.15, -0.1) is 0 Å². The monoisotopic (exact) mass is 269 g/mol. The summed E-state index contributed by atoms with van der Waals surface area (Å²) in [6.45, 7) is 3.37. The Balaban J connectivity index is 2.06. The molecule has 0 saturated heterocycles. The molecule has 0 fully saturated rings. The molecule has 0 aliphatic rings. The molecular weight excluding hydrogens is 257 g/mol. The van der Waals surface area contributed by atoms with Crippen LogP contribution in [0.1, 0.15) is 24.2 Å². The quantitative estimate of drug-likeness (QED) is 0.906. The normalized spacial score (nSPS) is 10.8. The number of aromatic nitrogens is 2. The summed E-state index contributed by atoms with van der Waals surface area (Å²) >= 11 is 5.93. The van der Waals surface area contributed by atoms with E-state index in [0.717, 1.165) is 12.1 Å². The maximum atomic E-state index is 12.9. The van der Waals surface area contributed by atoms with Crippen LogP contribution in [-0.4, -0.2) is 16.7 Å². The molecule has 4 nitrogen and oxygen atoms in total. The summed E-state index contributed by atoms with van der Waals surface area (Å²) in [6.07, 6.45) is 0.425. The molecule has 1 aromatic carbocycles. The standard InChI is InChI=1S/C12H13ClFN3O/c1-2-15-7-12-16-11(17-18-12)5-8-3-4-9(14)6-10(8)13/h3-4,6,15H,2,5,7H2,1H3. The molecule has 0 atom stereocenters. The molecule has 2 rings (SSSR count). The van der Waals surface area contributed by atoms with Gasteiger partial charge < -0.3 is 9.84 Å². The van der Waals surface area contributed by atoms with E-state index in [2.05, 4.69) is 15.5 Å². The number of nitrogens with zero attached hydrogens (tertiary/aromatic N) is 2. The van der Waals surface area contributed by atoms with Gasteiger partial charge in [0.1, 0.15) is 5.82 Å². The van der Waals surface area contributed by atoms with Gasteiger partial charge in [0.05, 0.1) is 6.54 Å². The highest BCUT2D eigenvalue weighted by atomic mass is 35.5. The third kappa shape index (κ3) is 3.27. The van der Waals surface area contributed by atoms with Crippen LogP contribution in [0.15, 0.2) is 22.7 Å². The molecule has 6 heteroatoms. The summed E-state index contributed by atoms with van der Waals surface area (Å²) in [5, 5.41) is 7.31. The van der Waals surface area contributed by atoms with Gasteiger partial charge in [-0.25, -0.2) is 4.39 Å². The molecule has 96 valence electrons. The molecule has 0 bridgehead atoms. The van der Waals surface area contributed by atoms with Crippen LogP contribution in [0.4, 0.5) is 4.39 Å². The first kappa shape index (κ1) is 13.0. The van der Waals surface area contributed by atoms with E-state index in [1.54, 1.807) is 6.07 Å². The second kappa shape index (κ2) is 5.93. The van der Waals surface area contributed by atoms with E-state index in [9.17, 15) is 4.39 Å². The van der Waals surface area contributed by atoms with Crippen molar-refractivity contribution in [1.29, 1.82) is 0 Å². The molecule has 1 aromatic heterocycles. The number of nitrogens with one attached hydrogen (secondary N) is 1. The molecule has 0 unspecified atom stereocenters. The number of rotatable bonds is 5. The van der Waals surface area contributed by atoms with Crippen molar-refractivity contribution in [1.82, 2.24) is 15.5 Å². The predicted octanol–water partition coefficient (Wildman–Crippen LogP) is 2.56. The zero-order chi connectivity index (χ0) is 13.0. The molecular formula is C12H13ClFN3O. The van der Waals surface area contributed by atoms with E-state index in [1.165, 1.54) is 12.1 Å². The molecule has 0 aliphatic heterocycles. The van der Waals surface area contributed by atoms with Crippen LogP contribution in [0.2, 0.25) is 5.02 Å². The Morgan fingerprint density at radius 1 is 1.44 bits per heavy atom. The number of halogens is 2. The van der Waals surface area contributed by atoms with Crippen molar-refractivity contribution in [2.24, 2.45) is 0 Å². The van der Waals surface area contributed by atoms with Gasteiger partial charge in [-0.1, -0.05) is 29.7 Å². The number of benzene rings is 1. The maximum absolute atomic E-state index is 12.9. The van der Waals surface area contributed by atoms with Gasteiger partial charge in [-0.2, -0.15) is 4.98 Å². The first-order valence-corrected chi connectivity index (χ1v) is 6.03. The van der Waals surface area contributed by atoms with E-state index >= 15 is 0 Å². The first-order chi connectivity index (χ1) is 8.69. The highest BCUT2D eigenvalue weighted by Gasteiger charge is 2.09. The molecule has 0 radical (unpaired) electrons. The summed E-state index contributed by atoms with van der Waals surface area (Å²) in [5.41, 5.74) is 0.772. The predicted molar refractivity (Wildman–Crippen MR) is 65.9 cm³/mol. The Hall–Kier alpha value is -1.46. The topological polar surface area (TPSA) is 51.0 Å². The molecule has 2 aromatic rings. The summed E-state index contributed by atoms with van der Waals surface area (Å²) < 4.78 is 17.9. The second-order valence-electron chi connectivity index (χ2n) is 3.80. The minimum absolute atomic E-state index is 0.357. The Morgan fingerprint density at radius 2 is 2.28 bits per heavy atom. The maximum Gasteiger partial charge on any atom is 0.240 e. The van der Waals surface area contributed by atoms with Crippen LogP contribution in [-0.2, 0) is 13.0 Å². The number of hydrogen-bond acceptors (Lipinski definition) is 4. The van der Waals surface area contributed by atoms with Crippen molar-refractivity contribution >= 4 is 11.6 Å². The van der Waals surface area contributed by atoms with Crippen molar-refractivity contribution in [2.45, 2.75) is 19.9 Å². The Bertz CT molecular complexity index is 530. The van der Waals surface area contributed by atoms with Gasteiger partial charge in [-0.3, -0.25) is 0 Å². The van der Waals surface area contributed by atoms with Gasteiger partial charge >= 0.3 is 0 Å². The fraction of sp³-hybridized carbons (Fsp3) is 0.333.